The third kappa shape index (κ3) is 10.3. The van der Waals surface area contributed by atoms with Crippen LogP contribution in [0.5, 0.6) is 5.75 Å². The van der Waals surface area contributed by atoms with Crippen LogP contribution in [0.1, 0.15) is 64.2 Å². The van der Waals surface area contributed by atoms with E-state index in [1.165, 1.54) is 17.0 Å². The summed E-state index contributed by atoms with van der Waals surface area (Å²) in [6, 6.07) is 8.03. The summed E-state index contributed by atoms with van der Waals surface area (Å²) in [5.74, 6) is -0.990. The Balaban J connectivity index is 1.98. The van der Waals surface area contributed by atoms with Gasteiger partial charge >= 0.3 is 6.03 Å². The number of amides is 3. The molecule has 13 heteroatoms. The molecule has 45 heavy (non-hydrogen) atoms. The van der Waals surface area contributed by atoms with E-state index in [0.717, 1.165) is 37.1 Å². The lowest BCUT2D eigenvalue weighted by molar-refractivity contribution is -0.0122. The molecule has 0 saturated heterocycles. The average Bonchev–Trinajstić information content (AvgIpc) is 2.98. The summed E-state index contributed by atoms with van der Waals surface area (Å²) in [5, 5.41) is 13.0. The number of carbonyl (C=O) groups is 2. The molecule has 2 aromatic rings. The number of sulfonamides is 1. The monoisotopic (exact) mass is 650 g/mol. The van der Waals surface area contributed by atoms with Crippen LogP contribution in [0, 0.1) is 11.7 Å². The average molecular weight is 651 g/mol. The van der Waals surface area contributed by atoms with E-state index in [1.54, 1.807) is 24.9 Å². The van der Waals surface area contributed by atoms with Gasteiger partial charge in [0.05, 0.1) is 35.3 Å². The molecule has 0 bridgehead atoms. The third-order valence-corrected chi connectivity index (χ3v) is 9.04. The van der Waals surface area contributed by atoms with Gasteiger partial charge in [-0.15, -0.1) is 0 Å². The van der Waals surface area contributed by atoms with Crippen LogP contribution in [0.3, 0.4) is 0 Å². The van der Waals surface area contributed by atoms with Gasteiger partial charge < -0.3 is 29.7 Å². The molecule has 1 aliphatic rings. The molecular formula is C32H47FN4O7S. The number of nitrogens with one attached hydrogen (secondary N) is 2. The molecule has 0 radical (unpaired) electrons. The van der Waals surface area contributed by atoms with Crippen molar-refractivity contribution in [2.75, 3.05) is 38.1 Å². The number of rotatable bonds is 8. The van der Waals surface area contributed by atoms with E-state index in [-0.39, 0.29) is 59.1 Å². The highest BCUT2D eigenvalue weighted by Gasteiger charge is 2.31. The van der Waals surface area contributed by atoms with Crippen LogP contribution in [0.4, 0.5) is 14.9 Å². The van der Waals surface area contributed by atoms with Gasteiger partial charge in [0.1, 0.15) is 11.6 Å². The van der Waals surface area contributed by atoms with E-state index in [1.807, 2.05) is 27.7 Å². The summed E-state index contributed by atoms with van der Waals surface area (Å²) >= 11 is 0. The van der Waals surface area contributed by atoms with Crippen molar-refractivity contribution in [1.29, 1.82) is 0 Å². The first-order valence-electron chi connectivity index (χ1n) is 15.4. The van der Waals surface area contributed by atoms with Gasteiger partial charge in [0.15, 0.2) is 0 Å². The maximum Gasteiger partial charge on any atom is 0.317 e. The molecule has 0 fully saturated rings. The number of aliphatic hydroxyl groups is 1. The molecule has 11 nitrogen and oxygen atoms in total. The summed E-state index contributed by atoms with van der Waals surface area (Å²) < 4.78 is 54.5. The fourth-order valence-electron chi connectivity index (χ4n) is 4.99. The minimum absolute atomic E-state index is 0.0323. The van der Waals surface area contributed by atoms with E-state index in [4.69, 9.17) is 9.47 Å². The number of urea groups is 1. The lowest BCUT2D eigenvalue weighted by Crippen LogP contribution is -2.49. The maximum absolute atomic E-state index is 14.2. The van der Waals surface area contributed by atoms with Gasteiger partial charge in [-0.3, -0.25) is 9.52 Å². The zero-order valence-corrected chi connectivity index (χ0v) is 27.8. The highest BCUT2D eigenvalue weighted by atomic mass is 32.2. The molecule has 1 heterocycles. The maximum atomic E-state index is 14.2. The van der Waals surface area contributed by atoms with Crippen molar-refractivity contribution in [1.82, 2.24) is 15.1 Å². The standard InChI is InChI=1S/C32H47FN4O7S/c1-21(2)34-32(40)36(6)19-30-22(3)18-37(23(4)20-38)31(39)28-17-26(35-45(41,42)27-13-10-25(33)11-14-27)12-15-29(28)44-24(5)9-7-8-16-43-30/h10-15,17,21-24,30,35,38H,7-9,16,18-20H2,1-6H3,(H,34,40)/t22-,23+,24-,30-/m0/s1. The molecule has 1 aliphatic heterocycles. The van der Waals surface area contributed by atoms with Crippen LogP contribution in [0.25, 0.3) is 0 Å². The highest BCUT2D eigenvalue weighted by molar-refractivity contribution is 7.92. The van der Waals surface area contributed by atoms with Crippen molar-refractivity contribution >= 4 is 27.6 Å². The second-order valence-corrected chi connectivity index (χ2v) is 13.7. The molecule has 3 amide bonds. The minimum Gasteiger partial charge on any atom is -0.490 e. The summed E-state index contributed by atoms with van der Waals surface area (Å²) in [6.07, 6.45) is 1.60. The number of anilines is 1. The zero-order valence-electron chi connectivity index (χ0n) is 27.0. The molecule has 250 valence electrons. The van der Waals surface area contributed by atoms with Gasteiger partial charge in [-0.2, -0.15) is 0 Å². The van der Waals surface area contributed by atoms with Crippen LogP contribution in [-0.4, -0.2) is 92.9 Å². The van der Waals surface area contributed by atoms with Crippen molar-refractivity contribution in [3.8, 4) is 5.75 Å². The second-order valence-electron chi connectivity index (χ2n) is 12.1. The molecule has 3 N–H and O–H groups in total. The van der Waals surface area contributed by atoms with Crippen molar-refractivity contribution in [2.45, 2.75) is 83.1 Å². The topological polar surface area (TPSA) is 138 Å². The van der Waals surface area contributed by atoms with E-state index in [0.29, 0.717) is 19.6 Å². The fourth-order valence-corrected chi connectivity index (χ4v) is 6.04. The number of aliphatic hydroxyl groups excluding tert-OH is 1. The van der Waals surface area contributed by atoms with Gasteiger partial charge in [0, 0.05) is 44.4 Å². The Bertz CT molecular complexity index is 1390. The molecule has 4 atom stereocenters. The van der Waals surface area contributed by atoms with Gasteiger partial charge in [-0.1, -0.05) is 6.92 Å². The smallest absolute Gasteiger partial charge is 0.317 e. The normalized spacial score (nSPS) is 20.9. The summed E-state index contributed by atoms with van der Waals surface area (Å²) in [5.41, 5.74) is 0.240. The minimum atomic E-state index is -4.09. The van der Waals surface area contributed by atoms with Gasteiger partial charge in [0.25, 0.3) is 15.9 Å². The van der Waals surface area contributed by atoms with Gasteiger partial charge in [-0.25, -0.2) is 17.6 Å². The largest absolute Gasteiger partial charge is 0.490 e. The van der Waals surface area contributed by atoms with E-state index in [9.17, 15) is 27.5 Å². The number of ether oxygens (including phenoxy) is 2. The molecule has 0 aromatic heterocycles. The number of halogens is 1. The Morgan fingerprint density at radius 3 is 2.47 bits per heavy atom. The molecule has 0 unspecified atom stereocenters. The number of hydrogen-bond donors (Lipinski definition) is 3. The Kier molecular flexibility index (Phi) is 13.0. The highest BCUT2D eigenvalue weighted by Crippen LogP contribution is 2.29. The Hall–Kier alpha value is -3.42. The molecule has 0 saturated carbocycles. The molecule has 0 spiro atoms. The number of nitrogens with zero attached hydrogens (tertiary/aromatic N) is 2. The fraction of sp³-hybridized carbons (Fsp3) is 0.562. The Labute approximate surface area is 266 Å². The molecule has 0 aliphatic carbocycles. The Morgan fingerprint density at radius 1 is 1.13 bits per heavy atom. The quantitative estimate of drug-likeness (QED) is 0.383. The lowest BCUT2D eigenvalue weighted by Gasteiger charge is -2.36. The van der Waals surface area contributed by atoms with Crippen molar-refractivity contribution in [3.63, 3.8) is 0 Å². The van der Waals surface area contributed by atoms with E-state index >= 15 is 0 Å². The van der Waals surface area contributed by atoms with E-state index < -0.39 is 33.9 Å². The van der Waals surface area contributed by atoms with Crippen molar-refractivity contribution in [3.05, 3.63) is 53.8 Å². The predicted molar refractivity (Wildman–Crippen MR) is 170 cm³/mol. The molecule has 2 aromatic carbocycles. The first-order valence-corrected chi connectivity index (χ1v) is 16.8. The first-order chi connectivity index (χ1) is 21.2. The Morgan fingerprint density at radius 2 is 1.82 bits per heavy atom. The number of fused-ring (bicyclic) bond motifs is 1. The lowest BCUT2D eigenvalue weighted by atomic mass is 10.0. The summed E-state index contributed by atoms with van der Waals surface area (Å²) in [7, 11) is -2.39. The van der Waals surface area contributed by atoms with Gasteiger partial charge in [-0.05, 0) is 89.4 Å². The number of carbonyl (C=O) groups excluding carboxylic acids is 2. The zero-order chi connectivity index (χ0) is 33.3. The third-order valence-electron chi connectivity index (χ3n) is 7.64. The van der Waals surface area contributed by atoms with Crippen molar-refractivity contribution in [2.24, 2.45) is 5.92 Å². The second kappa shape index (κ2) is 16.2. The summed E-state index contributed by atoms with van der Waals surface area (Å²) in [6.45, 7) is 9.95. The predicted octanol–water partition coefficient (Wildman–Crippen LogP) is 4.47. The van der Waals surface area contributed by atoms with Gasteiger partial charge in [0.2, 0.25) is 0 Å². The van der Waals surface area contributed by atoms with Crippen LogP contribution in [0.2, 0.25) is 0 Å². The molecular weight excluding hydrogens is 603 g/mol. The first kappa shape index (κ1) is 36.1. The van der Waals surface area contributed by atoms with Crippen molar-refractivity contribution < 1.29 is 37.0 Å². The van der Waals surface area contributed by atoms with E-state index in [2.05, 4.69) is 10.0 Å². The molecule has 3 rings (SSSR count). The summed E-state index contributed by atoms with van der Waals surface area (Å²) in [4.78, 5) is 29.9. The van der Waals surface area contributed by atoms with Crippen LogP contribution >= 0.6 is 0 Å². The number of benzene rings is 2. The number of hydrogen-bond acceptors (Lipinski definition) is 7. The number of likely N-dealkylation sites (N-methyl/N-ethyl adjacent to an activating group) is 1. The SMILES string of the molecule is CC(C)NC(=O)N(C)C[C@@H]1OCCCC[C@H](C)Oc2ccc(NS(=O)(=O)c3ccc(F)cc3)cc2C(=O)N([C@H](C)CO)C[C@@H]1C. The van der Waals surface area contributed by atoms with Crippen LogP contribution in [-0.2, 0) is 14.8 Å². The van der Waals surface area contributed by atoms with Crippen LogP contribution in [0.15, 0.2) is 47.4 Å². The van der Waals surface area contributed by atoms with Crippen LogP contribution < -0.4 is 14.8 Å².